The van der Waals surface area contributed by atoms with E-state index in [2.05, 4.69) is 77.7 Å². The minimum atomic E-state index is 0.358. The molecule has 1 aromatic rings. The van der Waals surface area contributed by atoms with Gasteiger partial charge in [-0.3, -0.25) is 10.3 Å². The Morgan fingerprint density at radius 1 is 1.16 bits per heavy atom. The molecular weight excluding hydrogens is 592 g/mol. The number of morpholine rings is 1. The van der Waals surface area contributed by atoms with E-state index in [1.54, 1.807) is 13.2 Å². The van der Waals surface area contributed by atoms with Crippen molar-refractivity contribution in [3.8, 4) is 6.01 Å². The first-order valence-corrected chi connectivity index (χ1v) is 17.9. The van der Waals surface area contributed by atoms with Crippen molar-refractivity contribution in [2.45, 2.75) is 87.0 Å². The van der Waals surface area contributed by atoms with E-state index in [1.165, 1.54) is 25.1 Å². The van der Waals surface area contributed by atoms with Gasteiger partial charge in [-0.25, -0.2) is 0 Å². The summed E-state index contributed by atoms with van der Waals surface area (Å²) in [5.74, 6) is 2.76. The van der Waals surface area contributed by atoms with Gasteiger partial charge in [0.1, 0.15) is 5.82 Å². The van der Waals surface area contributed by atoms with Crippen molar-refractivity contribution < 1.29 is 9.47 Å². The Morgan fingerprint density at radius 2 is 1.80 bits per heavy atom. The van der Waals surface area contributed by atoms with E-state index in [-0.39, 0.29) is 0 Å². The maximum Gasteiger partial charge on any atom is 0.320 e. The van der Waals surface area contributed by atoms with E-state index in [0.717, 1.165) is 76.6 Å². The molecule has 8 nitrogen and oxygen atoms in total. The van der Waals surface area contributed by atoms with Gasteiger partial charge in [0.2, 0.25) is 0 Å². The summed E-state index contributed by atoms with van der Waals surface area (Å²) in [6.07, 6.45) is 16.2. The second-order valence-electron chi connectivity index (χ2n) is 9.88. The van der Waals surface area contributed by atoms with Crippen LogP contribution in [0.5, 0.6) is 6.01 Å². The van der Waals surface area contributed by atoms with Crippen molar-refractivity contribution in [3.63, 3.8) is 0 Å². The number of methoxy groups -OCH3 is 1. The summed E-state index contributed by atoms with van der Waals surface area (Å²) < 4.78 is 10.4. The summed E-state index contributed by atoms with van der Waals surface area (Å²) in [6, 6.07) is 2.27. The van der Waals surface area contributed by atoms with Gasteiger partial charge in [0, 0.05) is 43.0 Å². The molecule has 1 N–H and O–H groups in total. The fourth-order valence-electron chi connectivity index (χ4n) is 3.44. The van der Waals surface area contributed by atoms with Crippen molar-refractivity contribution in [1.29, 1.82) is 0 Å². The summed E-state index contributed by atoms with van der Waals surface area (Å²) in [4.78, 5) is 13.4. The molecule has 0 radical (unpaired) electrons. The van der Waals surface area contributed by atoms with Crippen molar-refractivity contribution in [3.05, 3.63) is 42.0 Å². The molecule has 2 rings (SSSR count). The van der Waals surface area contributed by atoms with Crippen LogP contribution in [0.2, 0.25) is 0 Å². The van der Waals surface area contributed by atoms with Crippen LogP contribution in [-0.2, 0) is 4.74 Å². The predicted octanol–water partition coefficient (Wildman–Crippen LogP) is 9.06. The molecular formula is C34H63ClN6O2S. The third kappa shape index (κ3) is 25.3. The zero-order valence-corrected chi connectivity index (χ0v) is 30.9. The minimum absolute atomic E-state index is 0.358. The highest BCUT2D eigenvalue weighted by Crippen LogP contribution is 2.20. The van der Waals surface area contributed by atoms with E-state index < -0.39 is 0 Å². The maximum atomic E-state index is 5.61. The van der Waals surface area contributed by atoms with Crippen molar-refractivity contribution >= 4 is 40.7 Å². The Bertz CT molecular complexity index is 900. The monoisotopic (exact) mass is 654 g/mol. The van der Waals surface area contributed by atoms with Crippen LogP contribution >= 0.6 is 23.4 Å². The average molecular weight is 655 g/mol. The smallest absolute Gasteiger partial charge is 0.320 e. The van der Waals surface area contributed by atoms with Crippen LogP contribution in [0.1, 0.15) is 87.0 Å². The highest BCUT2D eigenvalue weighted by atomic mass is 35.5. The highest BCUT2D eigenvalue weighted by Gasteiger charge is 2.11. The summed E-state index contributed by atoms with van der Waals surface area (Å²) >= 11 is 7.47. The molecule has 0 unspecified atom stereocenters. The Kier molecular flexibility index (Phi) is 32.4. The number of allylic oxidation sites excluding steroid dienone is 5. The van der Waals surface area contributed by atoms with Gasteiger partial charge in [-0.2, -0.15) is 26.8 Å². The third-order valence-electron chi connectivity index (χ3n) is 6.16. The number of nitrogens with one attached hydrogen (secondary N) is 1. The van der Waals surface area contributed by atoms with Crippen LogP contribution in [0.4, 0.5) is 11.6 Å². The number of rotatable bonds is 16. The van der Waals surface area contributed by atoms with Crippen molar-refractivity contribution in [1.82, 2.24) is 14.9 Å². The first-order chi connectivity index (χ1) is 21.3. The lowest BCUT2D eigenvalue weighted by Gasteiger charge is -2.26. The van der Waals surface area contributed by atoms with Crippen LogP contribution < -0.4 is 15.1 Å². The van der Waals surface area contributed by atoms with Crippen LogP contribution in [0.25, 0.3) is 0 Å². The van der Waals surface area contributed by atoms with Gasteiger partial charge in [-0.1, -0.05) is 83.5 Å². The first-order valence-electron chi connectivity index (χ1n) is 16.2. The van der Waals surface area contributed by atoms with Gasteiger partial charge >= 0.3 is 6.01 Å². The van der Waals surface area contributed by atoms with Crippen LogP contribution in [0.3, 0.4) is 0 Å². The van der Waals surface area contributed by atoms with E-state index >= 15 is 0 Å². The van der Waals surface area contributed by atoms with Gasteiger partial charge in [0.15, 0.2) is 5.82 Å². The standard InChI is InChI=1S/C15H27N5O.C8H11Cl.C8H17NO.C3H8S/c1-6-9-20(10-7-2)14-11-13(16-15(17-14)21-5)19-18-12(4)8-3;1-3-5-6-7-8(9)4-2;1-2-3-4-9-5-7-10-8-6-9;1-3-4-2/h11H,6-10H2,1-5H3,(H,16,17,19);3-5,7H,2,6H2,1H3;2-8H2,1H3;3H2,1-2H3/b18-12+;5-3-,8-7+;;. The lowest BCUT2D eigenvalue weighted by atomic mass is 10.3. The molecule has 0 aromatic carbocycles. The highest BCUT2D eigenvalue weighted by molar-refractivity contribution is 7.98. The van der Waals surface area contributed by atoms with Crippen molar-refractivity contribution in [2.75, 3.05) is 75.4 Å². The lowest BCUT2D eigenvalue weighted by molar-refractivity contribution is 0.0373. The zero-order chi connectivity index (χ0) is 33.4. The predicted molar refractivity (Wildman–Crippen MR) is 198 cm³/mol. The number of anilines is 2. The van der Waals surface area contributed by atoms with E-state index in [1.807, 2.05) is 49.9 Å². The third-order valence-corrected chi connectivity index (χ3v) is 7.04. The fourth-order valence-corrected chi connectivity index (χ4v) is 3.53. The Hall–Kier alpha value is -2.07. The van der Waals surface area contributed by atoms with Crippen LogP contribution in [-0.4, -0.2) is 85.6 Å². The number of unbranched alkanes of at least 4 members (excludes halogenated alkanes) is 1. The first kappa shape index (κ1) is 44.1. The van der Waals surface area contributed by atoms with Crippen molar-refractivity contribution in [2.24, 2.45) is 5.10 Å². The molecule has 0 atom stereocenters. The topological polar surface area (TPSA) is 75.1 Å². The number of thioether (sulfide) groups is 1. The molecule has 0 amide bonds. The fraction of sp³-hybridized carbons (Fsp3) is 0.676. The van der Waals surface area contributed by atoms with Gasteiger partial charge in [0.05, 0.1) is 20.3 Å². The molecule has 1 fully saturated rings. The number of hydrazone groups is 1. The van der Waals surface area contributed by atoms with Crippen LogP contribution in [0, 0.1) is 0 Å². The van der Waals surface area contributed by atoms with E-state index in [4.69, 9.17) is 21.1 Å². The number of ether oxygens (including phenoxy) is 2. The number of hydrogen-bond donors (Lipinski definition) is 1. The molecule has 0 spiro atoms. The van der Waals surface area contributed by atoms with Gasteiger partial charge in [-0.05, 0) is 64.5 Å². The number of nitrogens with zero attached hydrogens (tertiary/aromatic N) is 5. The zero-order valence-electron chi connectivity index (χ0n) is 29.3. The second kappa shape index (κ2) is 32.3. The van der Waals surface area contributed by atoms with Crippen LogP contribution in [0.15, 0.2) is 47.1 Å². The molecule has 0 bridgehead atoms. The number of halogens is 1. The Morgan fingerprint density at radius 3 is 2.27 bits per heavy atom. The Labute approximate surface area is 279 Å². The van der Waals surface area contributed by atoms with Gasteiger partial charge < -0.3 is 14.4 Å². The average Bonchev–Trinajstić information content (AvgIpc) is 3.07. The molecule has 1 aliphatic rings. The molecule has 44 heavy (non-hydrogen) atoms. The molecule has 254 valence electrons. The van der Waals surface area contributed by atoms with E-state index in [9.17, 15) is 0 Å². The molecule has 0 saturated carbocycles. The SMILES string of the molecule is C=C/C(Cl)=C\C/C=C\C.CCCCN1CCOCC1.CCCN(CCC)c1cc(N/N=C(\C)CC)nc(OC)n1.CCSC. The molecule has 1 aliphatic heterocycles. The molecule has 2 heterocycles. The lowest BCUT2D eigenvalue weighted by Crippen LogP contribution is -2.36. The number of hydrogen-bond acceptors (Lipinski definition) is 9. The molecule has 1 aromatic heterocycles. The Balaban J connectivity index is 0. The van der Waals surface area contributed by atoms with E-state index in [0.29, 0.717) is 16.9 Å². The molecule has 0 aliphatic carbocycles. The quantitative estimate of drug-likeness (QED) is 0.0819. The van der Waals surface area contributed by atoms with Gasteiger partial charge in [-0.15, -0.1) is 0 Å². The number of aromatic nitrogens is 2. The summed E-state index contributed by atoms with van der Waals surface area (Å²) in [6.45, 7) is 25.6. The summed E-state index contributed by atoms with van der Waals surface area (Å²) in [5.41, 5.74) is 4.00. The largest absolute Gasteiger partial charge is 0.467 e. The summed E-state index contributed by atoms with van der Waals surface area (Å²) in [7, 11) is 1.58. The normalized spacial score (nSPS) is 13.5. The molecule has 1 saturated heterocycles. The second-order valence-corrected chi connectivity index (χ2v) is 11.5. The minimum Gasteiger partial charge on any atom is -0.467 e. The summed E-state index contributed by atoms with van der Waals surface area (Å²) in [5, 5.41) is 5.00. The maximum absolute atomic E-state index is 5.61. The van der Waals surface area contributed by atoms with Gasteiger partial charge in [0.25, 0.3) is 0 Å². The molecule has 10 heteroatoms.